The van der Waals surface area contributed by atoms with Gasteiger partial charge in [0.2, 0.25) is 5.91 Å². The second-order valence-electron chi connectivity index (χ2n) is 2.99. The highest BCUT2D eigenvalue weighted by Gasteiger charge is 2.07. The standard InChI is InChI=1S/C8H16N2O2/c1-9(2)5-4-8(12)10(3)6-7-11/h7H,4-6H2,1-3H3. The lowest BCUT2D eigenvalue weighted by Crippen LogP contribution is -2.30. The molecule has 0 aliphatic rings. The number of nitrogens with zero attached hydrogens (tertiary/aromatic N) is 2. The molecule has 0 N–H and O–H groups in total. The maximum atomic E-state index is 11.2. The van der Waals surface area contributed by atoms with Crippen molar-refractivity contribution in [1.29, 1.82) is 0 Å². The van der Waals surface area contributed by atoms with Gasteiger partial charge in [-0.05, 0) is 14.1 Å². The van der Waals surface area contributed by atoms with E-state index in [0.29, 0.717) is 6.42 Å². The minimum Gasteiger partial charge on any atom is -0.339 e. The molecule has 0 unspecified atom stereocenters. The molecule has 0 aliphatic carbocycles. The van der Waals surface area contributed by atoms with Gasteiger partial charge in [0.05, 0.1) is 6.54 Å². The number of hydrogen-bond acceptors (Lipinski definition) is 3. The largest absolute Gasteiger partial charge is 0.339 e. The fourth-order valence-corrected chi connectivity index (χ4v) is 0.724. The third kappa shape index (κ3) is 4.85. The number of likely N-dealkylation sites (N-methyl/N-ethyl adjacent to an activating group) is 1. The Morgan fingerprint density at radius 3 is 2.33 bits per heavy atom. The van der Waals surface area contributed by atoms with Crippen molar-refractivity contribution in [3.8, 4) is 0 Å². The van der Waals surface area contributed by atoms with Crippen molar-refractivity contribution in [2.45, 2.75) is 6.42 Å². The Bertz CT molecular complexity index is 157. The van der Waals surface area contributed by atoms with Crippen LogP contribution in [-0.2, 0) is 9.59 Å². The van der Waals surface area contributed by atoms with Gasteiger partial charge in [-0.3, -0.25) is 4.79 Å². The summed E-state index contributed by atoms with van der Waals surface area (Å²) in [6.07, 6.45) is 1.20. The van der Waals surface area contributed by atoms with E-state index in [-0.39, 0.29) is 12.5 Å². The van der Waals surface area contributed by atoms with Gasteiger partial charge < -0.3 is 14.6 Å². The van der Waals surface area contributed by atoms with Gasteiger partial charge in [-0.2, -0.15) is 0 Å². The molecule has 0 radical (unpaired) electrons. The molecule has 1 amide bonds. The van der Waals surface area contributed by atoms with Gasteiger partial charge in [-0.1, -0.05) is 0 Å². The lowest BCUT2D eigenvalue weighted by atomic mass is 10.3. The topological polar surface area (TPSA) is 40.6 Å². The summed E-state index contributed by atoms with van der Waals surface area (Å²) in [7, 11) is 5.45. The number of carbonyl (C=O) groups is 2. The molecular formula is C8H16N2O2. The quantitative estimate of drug-likeness (QED) is 0.530. The van der Waals surface area contributed by atoms with Crippen molar-refractivity contribution in [1.82, 2.24) is 9.80 Å². The van der Waals surface area contributed by atoms with Crippen molar-refractivity contribution in [2.75, 3.05) is 34.2 Å². The van der Waals surface area contributed by atoms with E-state index in [0.717, 1.165) is 12.8 Å². The van der Waals surface area contributed by atoms with Crippen LogP contribution in [0.25, 0.3) is 0 Å². The van der Waals surface area contributed by atoms with Gasteiger partial charge in [-0.15, -0.1) is 0 Å². The zero-order valence-corrected chi connectivity index (χ0v) is 7.91. The molecule has 4 heteroatoms. The molecule has 0 fully saturated rings. The maximum absolute atomic E-state index is 11.2. The first kappa shape index (κ1) is 11.1. The van der Waals surface area contributed by atoms with E-state index < -0.39 is 0 Å². The highest BCUT2D eigenvalue weighted by molar-refractivity contribution is 5.78. The minimum absolute atomic E-state index is 0.0100. The first-order chi connectivity index (χ1) is 5.57. The van der Waals surface area contributed by atoms with E-state index in [1.54, 1.807) is 7.05 Å². The van der Waals surface area contributed by atoms with Crippen LogP contribution in [0.3, 0.4) is 0 Å². The molecule has 0 spiro atoms. The van der Waals surface area contributed by atoms with Crippen LogP contribution in [0.5, 0.6) is 0 Å². The highest BCUT2D eigenvalue weighted by atomic mass is 16.2. The van der Waals surface area contributed by atoms with Gasteiger partial charge in [-0.25, -0.2) is 0 Å². The number of aldehydes is 1. The van der Waals surface area contributed by atoms with Crippen LogP contribution in [0.4, 0.5) is 0 Å². The number of rotatable bonds is 5. The number of hydrogen-bond donors (Lipinski definition) is 0. The SMILES string of the molecule is CN(C)CCC(=O)N(C)CC=O. The number of amides is 1. The summed E-state index contributed by atoms with van der Waals surface area (Å²) in [6, 6.07) is 0. The zero-order chi connectivity index (χ0) is 9.56. The van der Waals surface area contributed by atoms with Gasteiger partial charge in [0.15, 0.2) is 0 Å². The van der Waals surface area contributed by atoms with E-state index in [4.69, 9.17) is 0 Å². The van der Waals surface area contributed by atoms with Crippen LogP contribution in [0.15, 0.2) is 0 Å². The van der Waals surface area contributed by atoms with Crippen molar-refractivity contribution in [3.05, 3.63) is 0 Å². The van der Waals surface area contributed by atoms with Crippen LogP contribution in [0.2, 0.25) is 0 Å². The van der Waals surface area contributed by atoms with Gasteiger partial charge in [0.1, 0.15) is 6.29 Å². The number of carbonyl (C=O) groups excluding carboxylic acids is 2. The van der Waals surface area contributed by atoms with Crippen LogP contribution in [-0.4, -0.2) is 56.2 Å². The molecule has 0 saturated carbocycles. The summed E-state index contributed by atoms with van der Waals surface area (Å²) >= 11 is 0. The Morgan fingerprint density at radius 1 is 1.33 bits per heavy atom. The Labute approximate surface area is 73.1 Å². The van der Waals surface area contributed by atoms with Crippen LogP contribution < -0.4 is 0 Å². The lowest BCUT2D eigenvalue weighted by molar-refractivity contribution is -0.131. The average Bonchev–Trinajstić information content (AvgIpc) is 2.00. The Hall–Kier alpha value is -0.900. The summed E-state index contributed by atoms with van der Waals surface area (Å²) in [6.45, 7) is 0.911. The summed E-state index contributed by atoms with van der Waals surface area (Å²) in [5, 5.41) is 0. The molecule has 0 aliphatic heterocycles. The van der Waals surface area contributed by atoms with E-state index >= 15 is 0 Å². The second kappa shape index (κ2) is 5.71. The summed E-state index contributed by atoms with van der Waals surface area (Å²) in [5.74, 6) is 0.0100. The molecule has 0 heterocycles. The van der Waals surface area contributed by atoms with Gasteiger partial charge in [0, 0.05) is 20.0 Å². The fraction of sp³-hybridized carbons (Fsp3) is 0.750. The fourth-order valence-electron chi connectivity index (χ4n) is 0.724. The summed E-state index contributed by atoms with van der Waals surface area (Å²) < 4.78 is 0. The van der Waals surface area contributed by atoms with Crippen molar-refractivity contribution >= 4 is 12.2 Å². The molecule has 0 rings (SSSR count). The molecule has 0 atom stereocenters. The van der Waals surface area contributed by atoms with Crippen LogP contribution in [0.1, 0.15) is 6.42 Å². The molecule has 0 aromatic carbocycles. The third-order valence-electron chi connectivity index (χ3n) is 1.55. The first-order valence-electron chi connectivity index (χ1n) is 3.90. The monoisotopic (exact) mass is 172 g/mol. The molecule has 4 nitrogen and oxygen atoms in total. The molecular weight excluding hydrogens is 156 g/mol. The Morgan fingerprint density at radius 2 is 1.92 bits per heavy atom. The Kier molecular flexibility index (Phi) is 5.28. The molecule has 0 saturated heterocycles. The summed E-state index contributed by atoms with van der Waals surface area (Å²) in [5.41, 5.74) is 0. The predicted molar refractivity (Wildman–Crippen MR) is 46.9 cm³/mol. The van der Waals surface area contributed by atoms with Crippen molar-refractivity contribution < 1.29 is 9.59 Å². The first-order valence-corrected chi connectivity index (χ1v) is 3.90. The van der Waals surface area contributed by atoms with Crippen LogP contribution >= 0.6 is 0 Å². The average molecular weight is 172 g/mol. The van der Waals surface area contributed by atoms with Crippen molar-refractivity contribution in [2.24, 2.45) is 0 Å². The van der Waals surface area contributed by atoms with Crippen LogP contribution in [0, 0.1) is 0 Å². The molecule has 0 aromatic heterocycles. The molecule has 0 bridgehead atoms. The summed E-state index contributed by atoms with van der Waals surface area (Å²) in [4.78, 5) is 24.6. The van der Waals surface area contributed by atoms with Gasteiger partial charge >= 0.3 is 0 Å². The predicted octanol–water partition coefficient (Wildman–Crippen LogP) is -0.405. The van der Waals surface area contributed by atoms with Crippen molar-refractivity contribution in [3.63, 3.8) is 0 Å². The second-order valence-corrected chi connectivity index (χ2v) is 2.99. The molecule has 12 heavy (non-hydrogen) atoms. The minimum atomic E-state index is 0.0100. The smallest absolute Gasteiger partial charge is 0.223 e. The molecule has 70 valence electrons. The molecule has 0 aromatic rings. The normalized spacial score (nSPS) is 10.0. The van der Waals surface area contributed by atoms with E-state index in [2.05, 4.69) is 0 Å². The van der Waals surface area contributed by atoms with E-state index in [1.807, 2.05) is 19.0 Å². The van der Waals surface area contributed by atoms with Gasteiger partial charge in [0.25, 0.3) is 0 Å². The lowest BCUT2D eigenvalue weighted by Gasteiger charge is -2.15. The zero-order valence-electron chi connectivity index (χ0n) is 7.91. The van der Waals surface area contributed by atoms with E-state index in [9.17, 15) is 9.59 Å². The third-order valence-corrected chi connectivity index (χ3v) is 1.55. The maximum Gasteiger partial charge on any atom is 0.223 e. The highest BCUT2D eigenvalue weighted by Crippen LogP contribution is 1.90. The van der Waals surface area contributed by atoms with E-state index in [1.165, 1.54) is 4.90 Å². The Balaban J connectivity index is 3.63.